The van der Waals surface area contributed by atoms with Gasteiger partial charge in [0.25, 0.3) is 5.89 Å². The monoisotopic (exact) mass is 339 g/mol. The number of aliphatic hydroxyl groups excluding tert-OH is 1. The molecule has 0 bridgehead atoms. The minimum atomic E-state index is -0.388. The maximum absolute atomic E-state index is 10.6. The number of hydrogen-bond donors (Lipinski definition) is 1. The minimum Gasteiger partial charge on any atom is -0.472 e. The second kappa shape index (κ2) is 7.21. The molecule has 1 aromatic carbocycles. The summed E-state index contributed by atoms with van der Waals surface area (Å²) < 4.78 is 10.3. The molecule has 0 amide bonds. The van der Waals surface area contributed by atoms with Gasteiger partial charge in [0.15, 0.2) is 5.82 Å². The fourth-order valence-corrected chi connectivity index (χ4v) is 3.37. The predicted octanol–water partition coefficient (Wildman–Crippen LogP) is 3.28. The molecule has 1 fully saturated rings. The normalized spacial score (nSPS) is 17.6. The lowest BCUT2D eigenvalue weighted by atomic mass is 9.87. The fraction of sp³-hybridized carbons (Fsp3) is 0.368. The molecule has 130 valence electrons. The standard InChI is InChI=1S/C19H21N3O3/c23-18(14-4-2-1-3-5-14)15-6-9-22(10-7-15)12-17-20-19(25-21-17)16-8-11-24-13-16/h1-5,8,11,13,15,18,23H,6-7,9-10,12H2. The smallest absolute Gasteiger partial charge is 0.261 e. The van der Waals surface area contributed by atoms with Crippen LogP contribution in [0.25, 0.3) is 11.5 Å². The molecule has 0 radical (unpaired) electrons. The van der Waals surface area contributed by atoms with Gasteiger partial charge < -0.3 is 14.0 Å². The van der Waals surface area contributed by atoms with Gasteiger partial charge in [0, 0.05) is 0 Å². The van der Waals surface area contributed by atoms with Crippen molar-refractivity contribution in [2.24, 2.45) is 5.92 Å². The summed E-state index contributed by atoms with van der Waals surface area (Å²) in [5.41, 5.74) is 1.80. The molecule has 1 unspecified atom stereocenters. The van der Waals surface area contributed by atoms with Crippen LogP contribution in [-0.4, -0.2) is 33.2 Å². The van der Waals surface area contributed by atoms with Crippen molar-refractivity contribution in [2.75, 3.05) is 13.1 Å². The van der Waals surface area contributed by atoms with Gasteiger partial charge >= 0.3 is 0 Å². The third-order valence-corrected chi connectivity index (χ3v) is 4.82. The maximum atomic E-state index is 10.6. The lowest BCUT2D eigenvalue weighted by Crippen LogP contribution is -2.35. The van der Waals surface area contributed by atoms with E-state index in [0.29, 0.717) is 24.2 Å². The van der Waals surface area contributed by atoms with E-state index in [9.17, 15) is 5.11 Å². The van der Waals surface area contributed by atoms with Gasteiger partial charge in [0.05, 0.1) is 24.5 Å². The van der Waals surface area contributed by atoms with Crippen molar-refractivity contribution in [1.82, 2.24) is 15.0 Å². The van der Waals surface area contributed by atoms with Crippen molar-refractivity contribution in [1.29, 1.82) is 0 Å². The molecule has 1 aliphatic rings. The largest absolute Gasteiger partial charge is 0.472 e. The summed E-state index contributed by atoms with van der Waals surface area (Å²) in [7, 11) is 0. The molecular formula is C19H21N3O3. The molecule has 25 heavy (non-hydrogen) atoms. The highest BCUT2D eigenvalue weighted by Crippen LogP contribution is 2.31. The number of furan rings is 1. The van der Waals surface area contributed by atoms with Gasteiger partial charge in [0.2, 0.25) is 0 Å². The predicted molar refractivity (Wildman–Crippen MR) is 91.4 cm³/mol. The zero-order valence-electron chi connectivity index (χ0n) is 13.9. The fourth-order valence-electron chi connectivity index (χ4n) is 3.37. The number of piperidine rings is 1. The third kappa shape index (κ3) is 3.65. The summed E-state index contributed by atoms with van der Waals surface area (Å²) in [6, 6.07) is 11.7. The Bertz CT molecular complexity index is 777. The SMILES string of the molecule is OC(c1ccccc1)C1CCN(Cc2noc(-c3ccoc3)n2)CC1. The number of aliphatic hydroxyl groups is 1. The van der Waals surface area contributed by atoms with Crippen molar-refractivity contribution < 1.29 is 14.0 Å². The summed E-state index contributed by atoms with van der Waals surface area (Å²) in [6.45, 7) is 2.50. The summed E-state index contributed by atoms with van der Waals surface area (Å²) in [5, 5.41) is 14.6. The number of nitrogens with zero attached hydrogens (tertiary/aromatic N) is 3. The Labute approximate surface area is 146 Å². The first-order chi connectivity index (χ1) is 12.3. The Morgan fingerprint density at radius 3 is 2.68 bits per heavy atom. The number of likely N-dealkylation sites (tertiary alicyclic amines) is 1. The van der Waals surface area contributed by atoms with Crippen LogP contribution < -0.4 is 0 Å². The van der Waals surface area contributed by atoms with Gasteiger partial charge in [0.1, 0.15) is 6.26 Å². The molecule has 1 N–H and O–H groups in total. The van der Waals surface area contributed by atoms with Crippen molar-refractivity contribution in [3.63, 3.8) is 0 Å². The molecule has 4 rings (SSSR count). The average molecular weight is 339 g/mol. The third-order valence-electron chi connectivity index (χ3n) is 4.82. The Morgan fingerprint density at radius 2 is 1.96 bits per heavy atom. The van der Waals surface area contributed by atoms with Gasteiger partial charge in [-0.05, 0) is 43.5 Å². The molecule has 6 nitrogen and oxygen atoms in total. The Kier molecular flexibility index (Phi) is 4.63. The summed E-state index contributed by atoms with van der Waals surface area (Å²) in [6.07, 6.45) is 4.71. The summed E-state index contributed by atoms with van der Waals surface area (Å²) in [5.74, 6) is 1.46. The van der Waals surface area contributed by atoms with Crippen molar-refractivity contribution in [3.8, 4) is 11.5 Å². The van der Waals surface area contributed by atoms with Gasteiger partial charge in [-0.1, -0.05) is 35.5 Å². The van der Waals surface area contributed by atoms with E-state index in [1.165, 1.54) is 0 Å². The van der Waals surface area contributed by atoms with Gasteiger partial charge in [-0.2, -0.15) is 4.98 Å². The lowest BCUT2D eigenvalue weighted by Gasteiger charge is -2.33. The zero-order valence-corrected chi connectivity index (χ0v) is 13.9. The van der Waals surface area contributed by atoms with E-state index in [-0.39, 0.29) is 6.10 Å². The van der Waals surface area contributed by atoms with Crippen LogP contribution in [0, 0.1) is 5.92 Å². The van der Waals surface area contributed by atoms with Crippen molar-refractivity contribution in [2.45, 2.75) is 25.5 Å². The molecule has 3 heterocycles. The first-order valence-corrected chi connectivity index (χ1v) is 8.60. The van der Waals surface area contributed by atoms with E-state index >= 15 is 0 Å². The first kappa shape index (κ1) is 16.1. The maximum Gasteiger partial charge on any atom is 0.261 e. The van der Waals surface area contributed by atoms with E-state index in [2.05, 4.69) is 15.0 Å². The van der Waals surface area contributed by atoms with Crippen molar-refractivity contribution in [3.05, 3.63) is 60.3 Å². The topological polar surface area (TPSA) is 75.5 Å². The van der Waals surface area contributed by atoms with Crippen LogP contribution in [0.3, 0.4) is 0 Å². The minimum absolute atomic E-state index is 0.297. The molecular weight excluding hydrogens is 318 g/mol. The van der Waals surface area contributed by atoms with Crippen LogP contribution in [0.1, 0.15) is 30.3 Å². The highest BCUT2D eigenvalue weighted by atomic mass is 16.5. The van der Waals surface area contributed by atoms with Gasteiger partial charge in [-0.3, -0.25) is 4.90 Å². The lowest BCUT2D eigenvalue weighted by molar-refractivity contribution is 0.0558. The Morgan fingerprint density at radius 1 is 1.16 bits per heavy atom. The molecule has 1 aliphatic heterocycles. The van der Waals surface area contributed by atoms with Gasteiger partial charge in [-0.15, -0.1) is 0 Å². The number of aromatic nitrogens is 2. The van der Waals surface area contributed by atoms with Crippen LogP contribution >= 0.6 is 0 Å². The molecule has 0 saturated carbocycles. The van der Waals surface area contributed by atoms with Crippen LogP contribution in [-0.2, 0) is 6.54 Å². The first-order valence-electron chi connectivity index (χ1n) is 8.60. The van der Waals surface area contributed by atoms with E-state index in [1.807, 2.05) is 30.3 Å². The molecule has 6 heteroatoms. The van der Waals surface area contributed by atoms with E-state index in [0.717, 1.165) is 37.1 Å². The molecule has 3 aromatic rings. The number of benzene rings is 1. The van der Waals surface area contributed by atoms with Crippen LogP contribution in [0.5, 0.6) is 0 Å². The molecule has 1 saturated heterocycles. The Hall–Kier alpha value is -2.44. The second-order valence-corrected chi connectivity index (χ2v) is 6.50. The van der Waals surface area contributed by atoms with Crippen LogP contribution in [0.2, 0.25) is 0 Å². The van der Waals surface area contributed by atoms with E-state index < -0.39 is 0 Å². The van der Waals surface area contributed by atoms with Crippen LogP contribution in [0.15, 0.2) is 57.9 Å². The summed E-state index contributed by atoms with van der Waals surface area (Å²) in [4.78, 5) is 6.72. The summed E-state index contributed by atoms with van der Waals surface area (Å²) >= 11 is 0. The molecule has 0 aliphatic carbocycles. The molecule has 1 atom stereocenters. The molecule has 0 spiro atoms. The Balaban J connectivity index is 1.32. The average Bonchev–Trinajstić information content (AvgIpc) is 3.34. The van der Waals surface area contributed by atoms with Crippen molar-refractivity contribution >= 4 is 0 Å². The number of rotatable bonds is 5. The zero-order chi connectivity index (χ0) is 17.1. The second-order valence-electron chi connectivity index (χ2n) is 6.50. The quantitative estimate of drug-likeness (QED) is 0.769. The highest BCUT2D eigenvalue weighted by Gasteiger charge is 2.26. The van der Waals surface area contributed by atoms with Gasteiger partial charge in [-0.25, -0.2) is 0 Å². The van der Waals surface area contributed by atoms with Crippen LogP contribution in [0.4, 0.5) is 0 Å². The molecule has 2 aromatic heterocycles. The number of hydrogen-bond acceptors (Lipinski definition) is 6. The van der Waals surface area contributed by atoms with E-state index in [4.69, 9.17) is 8.94 Å². The van der Waals surface area contributed by atoms with E-state index in [1.54, 1.807) is 18.6 Å². The highest BCUT2D eigenvalue weighted by molar-refractivity contribution is 5.49.